The maximum atomic E-state index is 13.2. The largest absolute Gasteiger partial charge is 0.393 e. The fourth-order valence-electron chi connectivity index (χ4n) is 3.48. The van der Waals surface area contributed by atoms with Crippen molar-refractivity contribution in [3.05, 3.63) is 92.6 Å². The Morgan fingerprint density at radius 2 is 1.80 bits per heavy atom. The van der Waals surface area contributed by atoms with Gasteiger partial charge in [0.2, 0.25) is 5.91 Å². The molecule has 218 valence electrons. The molecule has 12 heteroatoms. The number of hydrogen-bond acceptors (Lipinski definition) is 8. The third kappa shape index (κ3) is 10.3. The maximum absolute atomic E-state index is 13.2. The SMILES string of the molecule is CCC(C)O.O=C(CNC(=O)c1cnc(-c2ccccc2Cl)s1)NC(CCc1ccc(F)cc1)C(O)c1nccs1. The van der Waals surface area contributed by atoms with Gasteiger partial charge in [-0.05, 0) is 49.9 Å². The van der Waals surface area contributed by atoms with E-state index in [-0.39, 0.29) is 18.5 Å². The van der Waals surface area contributed by atoms with E-state index in [9.17, 15) is 19.1 Å². The summed E-state index contributed by atoms with van der Waals surface area (Å²) in [5.41, 5.74) is 1.59. The summed E-state index contributed by atoms with van der Waals surface area (Å²) in [7, 11) is 0. The van der Waals surface area contributed by atoms with E-state index >= 15 is 0 Å². The van der Waals surface area contributed by atoms with Crippen molar-refractivity contribution in [2.24, 2.45) is 0 Å². The minimum Gasteiger partial charge on any atom is -0.393 e. The van der Waals surface area contributed by atoms with E-state index < -0.39 is 24.0 Å². The van der Waals surface area contributed by atoms with E-state index in [0.29, 0.717) is 32.8 Å². The number of aliphatic hydroxyl groups excluding tert-OH is 2. The van der Waals surface area contributed by atoms with Gasteiger partial charge in [0.15, 0.2) is 0 Å². The van der Waals surface area contributed by atoms with Gasteiger partial charge >= 0.3 is 0 Å². The molecule has 0 bridgehead atoms. The monoisotopic (exact) mass is 618 g/mol. The molecule has 0 aliphatic heterocycles. The van der Waals surface area contributed by atoms with E-state index in [1.165, 1.54) is 41.0 Å². The molecule has 0 radical (unpaired) electrons. The molecule has 2 amide bonds. The molecular formula is C29H32ClFN4O4S2. The second-order valence-corrected chi connectivity index (χ2v) is 11.5. The van der Waals surface area contributed by atoms with Gasteiger partial charge in [-0.2, -0.15) is 0 Å². The van der Waals surface area contributed by atoms with E-state index in [0.717, 1.165) is 17.5 Å². The van der Waals surface area contributed by atoms with Crippen molar-refractivity contribution in [3.63, 3.8) is 0 Å². The number of carbonyl (C=O) groups is 2. The van der Waals surface area contributed by atoms with Crippen LogP contribution in [0.5, 0.6) is 0 Å². The van der Waals surface area contributed by atoms with Crippen molar-refractivity contribution in [2.75, 3.05) is 6.54 Å². The van der Waals surface area contributed by atoms with Crippen LogP contribution in [0.25, 0.3) is 10.6 Å². The minimum atomic E-state index is -1.02. The van der Waals surface area contributed by atoms with Gasteiger partial charge in [-0.25, -0.2) is 14.4 Å². The van der Waals surface area contributed by atoms with Crippen molar-refractivity contribution < 1.29 is 24.2 Å². The highest BCUT2D eigenvalue weighted by Gasteiger charge is 2.25. The van der Waals surface area contributed by atoms with Crippen LogP contribution in [0.15, 0.2) is 66.3 Å². The number of nitrogens with zero attached hydrogens (tertiary/aromatic N) is 2. The molecule has 2 heterocycles. The topological polar surface area (TPSA) is 124 Å². The lowest BCUT2D eigenvalue weighted by atomic mass is 10.0. The summed E-state index contributed by atoms with van der Waals surface area (Å²) in [4.78, 5) is 34.0. The lowest BCUT2D eigenvalue weighted by Gasteiger charge is -2.23. The van der Waals surface area contributed by atoms with Gasteiger partial charge in [0.1, 0.15) is 26.8 Å². The smallest absolute Gasteiger partial charge is 0.263 e. The minimum absolute atomic E-state index is 0.116. The summed E-state index contributed by atoms with van der Waals surface area (Å²) in [6, 6.07) is 12.6. The number of carbonyl (C=O) groups excluding carboxylic acids is 2. The number of thiazole rings is 2. The Bertz CT molecular complexity index is 1380. The Kier molecular flexibility index (Phi) is 12.8. The standard InChI is InChI=1S/C25H22ClFN4O3S2.C4H10O/c26-18-4-2-1-3-17(18)24-30-13-20(36-24)23(34)29-14-21(32)31-19(22(33)25-28-11-12-35-25)10-7-15-5-8-16(27)9-6-15;1-3-4(2)5/h1-6,8-9,11-13,19,22,33H,7,10,14H2,(H,29,34)(H,31,32);4-5H,3H2,1-2H3. The molecule has 3 unspecified atom stereocenters. The molecule has 0 saturated carbocycles. The number of rotatable bonds is 11. The number of nitrogens with one attached hydrogen (secondary N) is 2. The summed E-state index contributed by atoms with van der Waals surface area (Å²) in [5, 5.41) is 27.9. The second-order valence-electron chi connectivity index (χ2n) is 9.10. The van der Waals surface area contributed by atoms with Gasteiger partial charge in [-0.3, -0.25) is 9.59 Å². The van der Waals surface area contributed by atoms with Crippen LogP contribution in [0.2, 0.25) is 5.02 Å². The zero-order valence-electron chi connectivity index (χ0n) is 22.6. The van der Waals surface area contributed by atoms with Gasteiger partial charge < -0.3 is 20.8 Å². The number of hydrogen-bond donors (Lipinski definition) is 4. The Morgan fingerprint density at radius 1 is 1.10 bits per heavy atom. The zero-order chi connectivity index (χ0) is 29.8. The Labute approximate surface area is 251 Å². The second kappa shape index (κ2) is 16.3. The number of aromatic nitrogens is 2. The number of halogens is 2. The van der Waals surface area contributed by atoms with E-state index in [1.54, 1.807) is 36.7 Å². The summed E-state index contributed by atoms with van der Waals surface area (Å²) in [6.45, 7) is 3.44. The van der Waals surface area contributed by atoms with Crippen LogP contribution in [-0.4, -0.2) is 50.7 Å². The first-order chi connectivity index (χ1) is 19.7. The first-order valence-electron chi connectivity index (χ1n) is 13.0. The molecule has 41 heavy (non-hydrogen) atoms. The van der Waals surface area contributed by atoms with Crippen LogP contribution in [0.3, 0.4) is 0 Å². The Balaban J connectivity index is 0.000000850. The molecule has 4 N–H and O–H groups in total. The van der Waals surface area contributed by atoms with Crippen LogP contribution in [0.1, 0.15) is 53.0 Å². The molecule has 0 aliphatic carbocycles. The van der Waals surface area contributed by atoms with Crippen molar-refractivity contribution in [2.45, 2.75) is 51.4 Å². The fourth-order valence-corrected chi connectivity index (χ4v) is 5.32. The van der Waals surface area contributed by atoms with Gasteiger partial charge in [-0.1, -0.05) is 48.9 Å². The van der Waals surface area contributed by atoms with Gasteiger partial charge in [-0.15, -0.1) is 22.7 Å². The molecular weight excluding hydrogens is 587 g/mol. The number of benzene rings is 2. The lowest BCUT2D eigenvalue weighted by molar-refractivity contribution is -0.121. The van der Waals surface area contributed by atoms with Gasteiger partial charge in [0.25, 0.3) is 5.91 Å². The average molecular weight is 619 g/mol. The highest BCUT2D eigenvalue weighted by molar-refractivity contribution is 7.17. The fraction of sp³-hybridized carbons (Fsp3) is 0.310. The summed E-state index contributed by atoms with van der Waals surface area (Å²) in [5.74, 6) is -1.23. The third-order valence-corrected chi connectivity index (χ3v) is 8.13. The van der Waals surface area contributed by atoms with Crippen LogP contribution in [0.4, 0.5) is 4.39 Å². The molecule has 3 atom stereocenters. The Morgan fingerprint density at radius 3 is 2.44 bits per heavy atom. The maximum Gasteiger partial charge on any atom is 0.263 e. The average Bonchev–Trinajstić information content (AvgIpc) is 3.68. The molecule has 0 saturated heterocycles. The van der Waals surface area contributed by atoms with Crippen LogP contribution in [-0.2, 0) is 11.2 Å². The van der Waals surface area contributed by atoms with Crippen LogP contribution >= 0.6 is 34.3 Å². The first-order valence-corrected chi connectivity index (χ1v) is 15.0. The number of aryl methyl sites for hydroxylation is 1. The number of amides is 2. The van der Waals surface area contributed by atoms with E-state index in [1.807, 2.05) is 25.1 Å². The molecule has 0 aliphatic rings. The Hall–Kier alpha value is -3.22. The molecule has 2 aromatic heterocycles. The first kappa shape index (κ1) is 32.3. The molecule has 2 aromatic carbocycles. The predicted octanol–water partition coefficient (Wildman–Crippen LogP) is 5.42. The zero-order valence-corrected chi connectivity index (χ0v) is 25.0. The lowest BCUT2D eigenvalue weighted by Crippen LogP contribution is -2.44. The predicted molar refractivity (Wildman–Crippen MR) is 161 cm³/mol. The molecule has 4 rings (SSSR count). The summed E-state index contributed by atoms with van der Waals surface area (Å²) in [6.07, 6.45) is 3.64. The quantitative estimate of drug-likeness (QED) is 0.178. The summed E-state index contributed by atoms with van der Waals surface area (Å²) < 4.78 is 13.2. The van der Waals surface area contributed by atoms with E-state index in [2.05, 4.69) is 20.6 Å². The molecule has 4 aromatic rings. The van der Waals surface area contributed by atoms with Gasteiger partial charge in [0.05, 0.1) is 29.9 Å². The van der Waals surface area contributed by atoms with Crippen molar-refractivity contribution in [1.82, 2.24) is 20.6 Å². The van der Waals surface area contributed by atoms with Gasteiger partial charge in [0, 0.05) is 17.1 Å². The van der Waals surface area contributed by atoms with Crippen molar-refractivity contribution in [3.8, 4) is 10.6 Å². The summed E-state index contributed by atoms with van der Waals surface area (Å²) >= 11 is 8.66. The molecule has 0 spiro atoms. The van der Waals surface area contributed by atoms with Crippen LogP contribution < -0.4 is 10.6 Å². The third-order valence-electron chi connectivity index (χ3n) is 5.92. The normalized spacial score (nSPS) is 12.9. The highest BCUT2D eigenvalue weighted by Crippen LogP contribution is 2.31. The highest BCUT2D eigenvalue weighted by atomic mass is 35.5. The number of aliphatic hydroxyl groups is 2. The van der Waals surface area contributed by atoms with Crippen LogP contribution in [0, 0.1) is 5.82 Å². The molecule has 8 nitrogen and oxygen atoms in total. The van der Waals surface area contributed by atoms with Crippen molar-refractivity contribution in [1.29, 1.82) is 0 Å². The van der Waals surface area contributed by atoms with Crippen molar-refractivity contribution >= 4 is 46.1 Å². The molecule has 0 fully saturated rings. The van der Waals surface area contributed by atoms with E-state index in [4.69, 9.17) is 16.7 Å².